The maximum absolute atomic E-state index is 5.76. The molecule has 0 unspecified atom stereocenters. The van der Waals surface area contributed by atoms with Gasteiger partial charge in [-0.1, -0.05) is 24.3 Å². The highest BCUT2D eigenvalue weighted by Gasteiger charge is 2.14. The van der Waals surface area contributed by atoms with Crippen molar-refractivity contribution in [2.45, 2.75) is 26.4 Å². The molecule has 0 atom stereocenters. The molecule has 0 N–H and O–H groups in total. The van der Waals surface area contributed by atoms with E-state index < -0.39 is 0 Å². The first-order valence-corrected chi connectivity index (χ1v) is 4.52. The maximum Gasteiger partial charge on any atom is 0.121 e. The summed E-state index contributed by atoms with van der Waals surface area (Å²) in [7, 11) is 0. The van der Waals surface area contributed by atoms with E-state index in [-0.39, 0.29) is 5.60 Å². The van der Waals surface area contributed by atoms with Crippen LogP contribution in [0.4, 0.5) is 0 Å². The highest BCUT2D eigenvalue weighted by molar-refractivity contribution is 5.22. The Bertz CT molecular complexity index is 272. The van der Waals surface area contributed by atoms with Crippen molar-refractivity contribution in [1.82, 2.24) is 0 Å². The lowest BCUT2D eigenvalue weighted by Crippen LogP contribution is -2.24. The lowest BCUT2D eigenvalue weighted by Gasteiger charge is -2.22. The Hall–Kier alpha value is -1.24. The van der Waals surface area contributed by atoms with Crippen LogP contribution in [0, 0.1) is 0 Å². The molecule has 0 aromatic heterocycles. The highest BCUT2D eigenvalue weighted by atomic mass is 16.5. The van der Waals surface area contributed by atoms with Crippen LogP contribution in [0.25, 0.3) is 0 Å². The number of hydrogen-bond acceptors (Lipinski definition) is 1. The van der Waals surface area contributed by atoms with E-state index in [0.717, 1.165) is 5.75 Å². The van der Waals surface area contributed by atoms with Crippen LogP contribution in [0.15, 0.2) is 42.5 Å². The van der Waals surface area contributed by atoms with Gasteiger partial charge in [-0.2, -0.15) is 0 Å². The molecule has 1 nitrogen and oxygen atoms in total. The molecule has 0 aliphatic rings. The fourth-order valence-corrected chi connectivity index (χ4v) is 1.23. The number of allylic oxidation sites excluding steroid dienone is 1. The normalized spacial score (nSPS) is 11.9. The zero-order chi connectivity index (χ0) is 9.73. The van der Waals surface area contributed by atoms with Crippen molar-refractivity contribution in [2.24, 2.45) is 0 Å². The summed E-state index contributed by atoms with van der Waals surface area (Å²) in [5.41, 5.74) is -0.226. The minimum absolute atomic E-state index is 0.226. The van der Waals surface area contributed by atoms with Crippen molar-refractivity contribution in [2.75, 3.05) is 0 Å². The molecule has 0 fully saturated rings. The summed E-state index contributed by atoms with van der Waals surface area (Å²) in [6.07, 6.45) is 4.04. The lowest BCUT2D eigenvalue weighted by atomic mass is 10.1. The van der Waals surface area contributed by atoms with Crippen molar-refractivity contribution in [3.05, 3.63) is 42.5 Å². The van der Waals surface area contributed by atoms with E-state index in [1.54, 1.807) is 0 Å². The molecule has 0 amide bonds. The topological polar surface area (TPSA) is 9.23 Å². The van der Waals surface area contributed by atoms with E-state index in [0.29, 0.717) is 0 Å². The van der Waals surface area contributed by atoms with Gasteiger partial charge in [0.05, 0.1) is 0 Å². The number of rotatable bonds is 3. The first kappa shape index (κ1) is 9.85. The number of hydrogen-bond donors (Lipinski definition) is 0. The van der Waals surface area contributed by atoms with Gasteiger partial charge in [0.15, 0.2) is 0 Å². The fourth-order valence-electron chi connectivity index (χ4n) is 1.23. The largest absolute Gasteiger partial charge is 0.484 e. The molecule has 0 saturated heterocycles. The molecule has 1 aromatic carbocycles. The Kier molecular flexibility index (Phi) is 3.13. The van der Waals surface area contributed by atoms with Crippen molar-refractivity contribution in [3.63, 3.8) is 0 Å². The molecule has 0 bridgehead atoms. The van der Waals surface area contributed by atoms with E-state index in [1.165, 1.54) is 0 Å². The third-order valence-corrected chi connectivity index (χ3v) is 1.69. The average Bonchev–Trinajstić information content (AvgIpc) is 2.04. The van der Waals surface area contributed by atoms with Crippen LogP contribution in [0.5, 0.6) is 5.75 Å². The van der Waals surface area contributed by atoms with Crippen LogP contribution in [0.1, 0.15) is 20.8 Å². The third kappa shape index (κ3) is 3.32. The van der Waals surface area contributed by atoms with Crippen LogP contribution in [-0.4, -0.2) is 5.60 Å². The van der Waals surface area contributed by atoms with Gasteiger partial charge < -0.3 is 4.74 Å². The van der Waals surface area contributed by atoms with Gasteiger partial charge in [0.2, 0.25) is 0 Å². The minimum atomic E-state index is -0.226. The molecule has 0 radical (unpaired) electrons. The number of para-hydroxylation sites is 1. The van der Waals surface area contributed by atoms with Gasteiger partial charge in [-0.25, -0.2) is 0 Å². The van der Waals surface area contributed by atoms with Crippen LogP contribution in [0.3, 0.4) is 0 Å². The quantitative estimate of drug-likeness (QED) is 0.641. The molecule has 1 aromatic rings. The lowest BCUT2D eigenvalue weighted by molar-refractivity contribution is 0.162. The van der Waals surface area contributed by atoms with Gasteiger partial charge in [0.25, 0.3) is 0 Å². The second-order valence-electron chi connectivity index (χ2n) is 3.52. The summed E-state index contributed by atoms with van der Waals surface area (Å²) in [4.78, 5) is 0. The van der Waals surface area contributed by atoms with Crippen LogP contribution in [0.2, 0.25) is 0 Å². The first-order chi connectivity index (χ1) is 6.14. The van der Waals surface area contributed by atoms with E-state index in [2.05, 4.69) is 0 Å². The summed E-state index contributed by atoms with van der Waals surface area (Å²) in [6, 6.07) is 9.86. The molecular weight excluding hydrogens is 160 g/mol. The predicted octanol–water partition coefficient (Wildman–Crippen LogP) is 3.42. The molecule has 0 aliphatic heterocycles. The van der Waals surface area contributed by atoms with Gasteiger partial charge in [0.1, 0.15) is 11.4 Å². The Morgan fingerprint density at radius 3 is 2.31 bits per heavy atom. The predicted molar refractivity (Wildman–Crippen MR) is 56.0 cm³/mol. The van der Waals surface area contributed by atoms with Crippen LogP contribution >= 0.6 is 0 Å². The zero-order valence-electron chi connectivity index (χ0n) is 8.45. The molecule has 1 rings (SSSR count). The summed E-state index contributed by atoms with van der Waals surface area (Å²) < 4.78 is 5.76. The van der Waals surface area contributed by atoms with Crippen LogP contribution < -0.4 is 4.74 Å². The smallest absolute Gasteiger partial charge is 0.121 e. The van der Waals surface area contributed by atoms with Crippen molar-refractivity contribution >= 4 is 0 Å². The summed E-state index contributed by atoms with van der Waals surface area (Å²) in [5.74, 6) is 0.908. The summed E-state index contributed by atoms with van der Waals surface area (Å²) in [5, 5.41) is 0. The summed E-state index contributed by atoms with van der Waals surface area (Å²) in [6.45, 7) is 6.08. The van der Waals surface area contributed by atoms with E-state index in [1.807, 2.05) is 63.3 Å². The first-order valence-electron chi connectivity index (χ1n) is 4.52. The molecule has 70 valence electrons. The van der Waals surface area contributed by atoms with Crippen molar-refractivity contribution < 1.29 is 4.74 Å². The Morgan fingerprint density at radius 1 is 1.15 bits per heavy atom. The van der Waals surface area contributed by atoms with E-state index in [9.17, 15) is 0 Å². The highest BCUT2D eigenvalue weighted by Crippen LogP contribution is 2.18. The average molecular weight is 176 g/mol. The summed E-state index contributed by atoms with van der Waals surface area (Å²) >= 11 is 0. The number of ether oxygens (including phenoxy) is 1. The Labute approximate surface area is 80.0 Å². The van der Waals surface area contributed by atoms with Crippen LogP contribution in [-0.2, 0) is 0 Å². The van der Waals surface area contributed by atoms with Crippen molar-refractivity contribution in [1.29, 1.82) is 0 Å². The molecule has 0 spiro atoms. The molecule has 1 heteroatoms. The standard InChI is InChI=1S/C12H16O/c1-4-10-12(2,3)13-11-8-6-5-7-9-11/h4-10H,1-3H3. The van der Waals surface area contributed by atoms with Crippen molar-refractivity contribution in [3.8, 4) is 5.75 Å². The third-order valence-electron chi connectivity index (χ3n) is 1.69. The second kappa shape index (κ2) is 4.13. The maximum atomic E-state index is 5.76. The Balaban J connectivity index is 2.69. The van der Waals surface area contributed by atoms with Gasteiger partial charge >= 0.3 is 0 Å². The van der Waals surface area contributed by atoms with E-state index in [4.69, 9.17) is 4.74 Å². The second-order valence-corrected chi connectivity index (χ2v) is 3.52. The molecule has 0 heterocycles. The molecule has 0 aliphatic carbocycles. The zero-order valence-corrected chi connectivity index (χ0v) is 8.45. The Morgan fingerprint density at radius 2 is 1.77 bits per heavy atom. The molecular formula is C12H16O. The van der Waals surface area contributed by atoms with Gasteiger partial charge in [-0.05, 0) is 39.0 Å². The molecule has 13 heavy (non-hydrogen) atoms. The monoisotopic (exact) mass is 176 g/mol. The fraction of sp³-hybridized carbons (Fsp3) is 0.333. The van der Waals surface area contributed by atoms with Gasteiger partial charge in [-0.3, -0.25) is 0 Å². The molecule has 0 saturated carbocycles. The minimum Gasteiger partial charge on any atom is -0.484 e. The van der Waals surface area contributed by atoms with E-state index >= 15 is 0 Å². The van der Waals surface area contributed by atoms with Gasteiger partial charge in [-0.15, -0.1) is 0 Å². The SMILES string of the molecule is CC=CC(C)(C)Oc1ccccc1. The number of benzene rings is 1. The van der Waals surface area contributed by atoms with Gasteiger partial charge in [0, 0.05) is 0 Å².